The summed E-state index contributed by atoms with van der Waals surface area (Å²) in [5, 5.41) is 19.9. The van der Waals surface area contributed by atoms with Crippen LogP contribution in [0.2, 0.25) is 0 Å². The minimum absolute atomic E-state index is 0.0673. The van der Waals surface area contributed by atoms with E-state index in [0.717, 1.165) is 10.0 Å². The highest BCUT2D eigenvalue weighted by molar-refractivity contribution is 9.10. The molecule has 1 N–H and O–H groups in total. The average molecular weight is 338 g/mol. The number of benzene rings is 2. The summed E-state index contributed by atoms with van der Waals surface area (Å²) in [5.41, 5.74) is 1.28. The first-order valence-corrected chi connectivity index (χ1v) is 6.65. The number of ether oxygens (including phenoxy) is 1. The predicted molar refractivity (Wildman–Crippen MR) is 77.5 cm³/mol. The Morgan fingerprint density at radius 1 is 1.20 bits per heavy atom. The fraction of sp³-hybridized carbons (Fsp3) is 0.143. The number of nitro benzene ring substituents is 1. The molecule has 0 spiro atoms. The number of rotatable bonds is 5. The van der Waals surface area contributed by atoms with E-state index in [1.165, 1.54) is 18.2 Å². The van der Waals surface area contributed by atoms with Crippen molar-refractivity contribution >= 4 is 21.6 Å². The second-order valence-electron chi connectivity index (χ2n) is 4.09. The predicted octanol–water partition coefficient (Wildman–Crippen LogP) is 3.43. The average Bonchev–Trinajstić information content (AvgIpc) is 2.46. The molecule has 104 valence electrons. The molecule has 0 radical (unpaired) electrons. The molecular weight excluding hydrogens is 326 g/mol. The van der Waals surface area contributed by atoms with Gasteiger partial charge >= 0.3 is 0 Å². The Hall–Kier alpha value is -1.92. The lowest BCUT2D eigenvalue weighted by atomic mass is 10.2. The molecule has 0 aliphatic heterocycles. The number of hydrogen-bond donors (Lipinski definition) is 1. The first-order valence-electron chi connectivity index (χ1n) is 5.86. The summed E-state index contributed by atoms with van der Waals surface area (Å²) in [6.07, 6.45) is 0. The molecule has 2 aromatic carbocycles. The first-order chi connectivity index (χ1) is 9.61. The van der Waals surface area contributed by atoms with Crippen molar-refractivity contribution in [3.05, 3.63) is 68.2 Å². The molecule has 6 heteroatoms. The van der Waals surface area contributed by atoms with Crippen LogP contribution in [0.3, 0.4) is 0 Å². The lowest BCUT2D eigenvalue weighted by Gasteiger charge is -2.11. The maximum absolute atomic E-state index is 10.7. The van der Waals surface area contributed by atoms with Crippen molar-refractivity contribution < 1.29 is 14.8 Å². The van der Waals surface area contributed by atoms with Gasteiger partial charge in [-0.1, -0.05) is 34.1 Å². The summed E-state index contributed by atoms with van der Waals surface area (Å²) in [5.74, 6) is 0.439. The van der Waals surface area contributed by atoms with Crippen molar-refractivity contribution in [2.24, 2.45) is 0 Å². The first kappa shape index (κ1) is 14.5. The molecule has 0 atom stereocenters. The van der Waals surface area contributed by atoms with Gasteiger partial charge in [0, 0.05) is 27.7 Å². The molecule has 2 aromatic rings. The van der Waals surface area contributed by atoms with Gasteiger partial charge in [-0.3, -0.25) is 10.1 Å². The molecule has 0 saturated carbocycles. The van der Waals surface area contributed by atoms with E-state index in [1.807, 2.05) is 24.3 Å². The minimum atomic E-state index is -0.503. The molecule has 20 heavy (non-hydrogen) atoms. The zero-order valence-electron chi connectivity index (χ0n) is 10.5. The van der Waals surface area contributed by atoms with Gasteiger partial charge in [-0.05, 0) is 12.1 Å². The van der Waals surface area contributed by atoms with E-state index in [0.29, 0.717) is 17.9 Å². The molecular formula is C14H12BrNO4. The zero-order valence-corrected chi connectivity index (χ0v) is 12.0. The zero-order chi connectivity index (χ0) is 14.5. The smallest absolute Gasteiger partial charge is 0.270 e. The third-order valence-corrected chi connectivity index (χ3v) is 3.54. The number of hydrogen-bond acceptors (Lipinski definition) is 4. The molecule has 0 fully saturated rings. The molecule has 0 saturated heterocycles. The standard InChI is InChI=1S/C14H12BrNO4/c15-13-4-2-1-3-10(13)9-20-14-6-5-12(16(18)19)7-11(14)8-17/h1-7,17H,8-9H2. The Bertz CT molecular complexity index is 630. The van der Waals surface area contributed by atoms with Crippen molar-refractivity contribution in [1.29, 1.82) is 0 Å². The van der Waals surface area contributed by atoms with Crippen LogP contribution in [0.1, 0.15) is 11.1 Å². The van der Waals surface area contributed by atoms with Gasteiger partial charge in [0.1, 0.15) is 12.4 Å². The van der Waals surface area contributed by atoms with Crippen LogP contribution >= 0.6 is 15.9 Å². The highest BCUT2D eigenvalue weighted by Gasteiger charge is 2.11. The molecule has 0 aliphatic carbocycles. The van der Waals surface area contributed by atoms with Crippen LogP contribution < -0.4 is 4.74 Å². The van der Waals surface area contributed by atoms with E-state index >= 15 is 0 Å². The maximum atomic E-state index is 10.7. The van der Waals surface area contributed by atoms with Crippen LogP contribution in [-0.4, -0.2) is 10.0 Å². The molecule has 0 amide bonds. The molecule has 5 nitrogen and oxygen atoms in total. The normalized spacial score (nSPS) is 10.3. The Morgan fingerprint density at radius 3 is 2.60 bits per heavy atom. The molecule has 0 aromatic heterocycles. The van der Waals surface area contributed by atoms with Crippen LogP contribution in [0.25, 0.3) is 0 Å². The number of nitrogens with zero attached hydrogens (tertiary/aromatic N) is 1. The van der Waals surface area contributed by atoms with Crippen molar-refractivity contribution in [3.8, 4) is 5.75 Å². The Morgan fingerprint density at radius 2 is 1.95 bits per heavy atom. The van der Waals surface area contributed by atoms with Crippen molar-refractivity contribution in [1.82, 2.24) is 0 Å². The number of non-ortho nitro benzene ring substituents is 1. The summed E-state index contributed by atoms with van der Waals surface area (Å²) in [7, 11) is 0. The molecule has 0 aliphatic rings. The fourth-order valence-electron chi connectivity index (χ4n) is 1.71. The number of aliphatic hydroxyl groups excluding tert-OH is 1. The van der Waals surface area contributed by atoms with E-state index in [1.54, 1.807) is 0 Å². The number of aliphatic hydroxyl groups is 1. The largest absolute Gasteiger partial charge is 0.488 e. The highest BCUT2D eigenvalue weighted by Crippen LogP contribution is 2.26. The Labute approximate surface area is 124 Å². The number of halogens is 1. The lowest BCUT2D eigenvalue weighted by Crippen LogP contribution is -2.00. The minimum Gasteiger partial charge on any atom is -0.488 e. The summed E-state index contributed by atoms with van der Waals surface area (Å²) in [6, 6.07) is 11.8. The third-order valence-electron chi connectivity index (χ3n) is 2.77. The van der Waals surface area contributed by atoms with Gasteiger partial charge in [0.15, 0.2) is 0 Å². The van der Waals surface area contributed by atoms with E-state index in [2.05, 4.69) is 15.9 Å². The third kappa shape index (κ3) is 3.34. The van der Waals surface area contributed by atoms with Crippen molar-refractivity contribution in [3.63, 3.8) is 0 Å². The van der Waals surface area contributed by atoms with E-state index in [4.69, 9.17) is 4.74 Å². The topological polar surface area (TPSA) is 72.6 Å². The van der Waals surface area contributed by atoms with Gasteiger partial charge in [0.25, 0.3) is 5.69 Å². The highest BCUT2D eigenvalue weighted by atomic mass is 79.9. The van der Waals surface area contributed by atoms with Gasteiger partial charge < -0.3 is 9.84 Å². The molecule has 0 unspecified atom stereocenters. The van der Waals surface area contributed by atoms with Crippen LogP contribution in [0.5, 0.6) is 5.75 Å². The van der Waals surface area contributed by atoms with Gasteiger partial charge in [-0.2, -0.15) is 0 Å². The summed E-state index contributed by atoms with van der Waals surface area (Å²) >= 11 is 3.42. The van der Waals surface area contributed by atoms with Crippen LogP contribution in [-0.2, 0) is 13.2 Å². The molecule has 0 heterocycles. The second kappa shape index (κ2) is 6.49. The quantitative estimate of drug-likeness (QED) is 0.670. The summed E-state index contributed by atoms with van der Waals surface area (Å²) < 4.78 is 6.54. The van der Waals surface area contributed by atoms with E-state index < -0.39 is 4.92 Å². The number of nitro groups is 1. The van der Waals surface area contributed by atoms with Gasteiger partial charge in [0.2, 0.25) is 0 Å². The van der Waals surface area contributed by atoms with Crippen molar-refractivity contribution in [2.45, 2.75) is 13.2 Å². The van der Waals surface area contributed by atoms with Gasteiger partial charge in [-0.15, -0.1) is 0 Å². The summed E-state index contributed by atoms with van der Waals surface area (Å²) in [4.78, 5) is 10.2. The Balaban J connectivity index is 2.17. The summed E-state index contributed by atoms with van der Waals surface area (Å²) in [6.45, 7) is -0.000787. The van der Waals surface area contributed by atoms with E-state index in [9.17, 15) is 15.2 Å². The molecule has 0 bridgehead atoms. The van der Waals surface area contributed by atoms with Gasteiger partial charge in [-0.25, -0.2) is 0 Å². The van der Waals surface area contributed by atoms with Crippen LogP contribution in [0.15, 0.2) is 46.9 Å². The second-order valence-corrected chi connectivity index (χ2v) is 4.94. The fourth-order valence-corrected chi connectivity index (χ4v) is 2.11. The van der Waals surface area contributed by atoms with E-state index in [-0.39, 0.29) is 12.3 Å². The maximum Gasteiger partial charge on any atom is 0.270 e. The van der Waals surface area contributed by atoms with Crippen LogP contribution in [0.4, 0.5) is 5.69 Å². The van der Waals surface area contributed by atoms with Crippen LogP contribution in [0, 0.1) is 10.1 Å². The molecule has 2 rings (SSSR count). The van der Waals surface area contributed by atoms with Gasteiger partial charge in [0.05, 0.1) is 11.5 Å². The SMILES string of the molecule is O=[N+]([O-])c1ccc(OCc2ccccc2Br)c(CO)c1. The Kier molecular flexibility index (Phi) is 4.70. The lowest BCUT2D eigenvalue weighted by molar-refractivity contribution is -0.385. The van der Waals surface area contributed by atoms with Crippen molar-refractivity contribution in [2.75, 3.05) is 0 Å². The monoisotopic (exact) mass is 337 g/mol.